The third-order valence-corrected chi connectivity index (χ3v) is 0.778. The standard InChI is InChI=1S/C6H8O2/c1-3-5(4-2)6(7)8/h3-4H,1H2,2H3,(H,7,8). The van der Waals surface area contributed by atoms with Crippen LogP contribution < -0.4 is 0 Å². The highest BCUT2D eigenvalue weighted by Crippen LogP contribution is 1.92. The second kappa shape index (κ2) is 3.02. The Bertz CT molecular complexity index is 133. The molecule has 0 aromatic rings. The van der Waals surface area contributed by atoms with Gasteiger partial charge in [0.15, 0.2) is 0 Å². The molecule has 0 heterocycles. The first-order valence-electron chi connectivity index (χ1n) is 2.24. The van der Waals surface area contributed by atoms with E-state index in [2.05, 4.69) is 6.58 Å². The van der Waals surface area contributed by atoms with Crippen molar-refractivity contribution in [2.45, 2.75) is 6.92 Å². The number of carboxylic acid groups (broad SMARTS) is 1. The summed E-state index contributed by atoms with van der Waals surface area (Å²) in [7, 11) is 0. The Hall–Kier alpha value is -1.05. The van der Waals surface area contributed by atoms with Gasteiger partial charge in [-0.1, -0.05) is 18.7 Å². The Morgan fingerprint density at radius 2 is 2.25 bits per heavy atom. The van der Waals surface area contributed by atoms with Crippen LogP contribution in [0.1, 0.15) is 6.92 Å². The van der Waals surface area contributed by atoms with E-state index in [0.29, 0.717) is 0 Å². The van der Waals surface area contributed by atoms with E-state index in [-0.39, 0.29) is 5.57 Å². The Balaban J connectivity index is 4.13. The molecule has 8 heavy (non-hydrogen) atoms. The van der Waals surface area contributed by atoms with E-state index in [0.717, 1.165) is 0 Å². The molecule has 0 aliphatic carbocycles. The van der Waals surface area contributed by atoms with E-state index >= 15 is 0 Å². The van der Waals surface area contributed by atoms with Crippen LogP contribution in [0.3, 0.4) is 0 Å². The second-order valence-electron chi connectivity index (χ2n) is 1.25. The van der Waals surface area contributed by atoms with E-state index in [1.165, 1.54) is 12.2 Å². The quantitative estimate of drug-likeness (QED) is 0.430. The Morgan fingerprint density at radius 3 is 2.25 bits per heavy atom. The molecule has 0 aliphatic rings. The normalized spacial score (nSPS) is 10.9. The molecule has 0 atom stereocenters. The van der Waals surface area contributed by atoms with E-state index in [9.17, 15) is 4.79 Å². The summed E-state index contributed by atoms with van der Waals surface area (Å²) in [6.45, 7) is 4.96. The number of carbonyl (C=O) groups is 1. The molecule has 0 fully saturated rings. The Morgan fingerprint density at radius 1 is 1.75 bits per heavy atom. The molecule has 0 rings (SSSR count). The summed E-state index contributed by atoms with van der Waals surface area (Å²) in [5.74, 6) is -0.928. The molecule has 44 valence electrons. The van der Waals surface area contributed by atoms with E-state index in [1.54, 1.807) is 6.92 Å². The van der Waals surface area contributed by atoms with Gasteiger partial charge in [0.1, 0.15) is 0 Å². The zero-order chi connectivity index (χ0) is 6.57. The molecular formula is C6H8O2. The maximum Gasteiger partial charge on any atom is 0.335 e. The number of carboxylic acids is 1. The van der Waals surface area contributed by atoms with Crippen LogP contribution in [-0.4, -0.2) is 11.1 Å². The number of allylic oxidation sites excluding steroid dienone is 1. The highest BCUT2D eigenvalue weighted by atomic mass is 16.4. The van der Waals surface area contributed by atoms with Gasteiger partial charge in [-0.25, -0.2) is 4.79 Å². The van der Waals surface area contributed by atoms with Gasteiger partial charge < -0.3 is 5.11 Å². The van der Waals surface area contributed by atoms with Crippen molar-refractivity contribution in [3.8, 4) is 0 Å². The van der Waals surface area contributed by atoms with Gasteiger partial charge in [-0.05, 0) is 6.92 Å². The first-order valence-corrected chi connectivity index (χ1v) is 2.24. The fraction of sp³-hybridized carbons (Fsp3) is 0.167. The molecule has 0 aliphatic heterocycles. The maximum atomic E-state index is 10.0. The minimum absolute atomic E-state index is 0.241. The summed E-state index contributed by atoms with van der Waals surface area (Å²) in [4.78, 5) is 10.0. The van der Waals surface area contributed by atoms with Crippen molar-refractivity contribution >= 4 is 5.97 Å². The summed E-state index contributed by atoms with van der Waals surface area (Å²) < 4.78 is 0. The Kier molecular flexibility index (Phi) is 2.62. The molecule has 0 bridgehead atoms. The summed E-state index contributed by atoms with van der Waals surface area (Å²) in [5.41, 5.74) is 0.241. The molecule has 0 aromatic carbocycles. The van der Waals surface area contributed by atoms with Gasteiger partial charge in [0, 0.05) is 0 Å². The van der Waals surface area contributed by atoms with Crippen LogP contribution in [0.4, 0.5) is 0 Å². The summed E-state index contributed by atoms with van der Waals surface area (Å²) in [6, 6.07) is 0. The molecule has 0 spiro atoms. The van der Waals surface area contributed by atoms with Crippen molar-refractivity contribution in [2.24, 2.45) is 0 Å². The van der Waals surface area contributed by atoms with Gasteiger partial charge in [0.25, 0.3) is 0 Å². The molecular weight excluding hydrogens is 104 g/mol. The van der Waals surface area contributed by atoms with Crippen molar-refractivity contribution in [3.63, 3.8) is 0 Å². The topological polar surface area (TPSA) is 37.3 Å². The molecule has 0 saturated heterocycles. The third kappa shape index (κ3) is 1.60. The third-order valence-electron chi connectivity index (χ3n) is 0.778. The number of hydrogen-bond acceptors (Lipinski definition) is 1. The van der Waals surface area contributed by atoms with Gasteiger partial charge in [0.05, 0.1) is 5.57 Å². The van der Waals surface area contributed by atoms with Crippen LogP contribution >= 0.6 is 0 Å². The van der Waals surface area contributed by atoms with Crippen molar-refractivity contribution in [2.75, 3.05) is 0 Å². The molecule has 0 unspecified atom stereocenters. The number of rotatable bonds is 2. The van der Waals surface area contributed by atoms with Gasteiger partial charge in [-0.3, -0.25) is 0 Å². The predicted molar refractivity (Wildman–Crippen MR) is 31.6 cm³/mol. The van der Waals surface area contributed by atoms with E-state index in [4.69, 9.17) is 5.11 Å². The summed E-state index contributed by atoms with van der Waals surface area (Å²) >= 11 is 0. The van der Waals surface area contributed by atoms with Gasteiger partial charge in [-0.15, -0.1) is 0 Å². The lowest BCUT2D eigenvalue weighted by atomic mass is 10.3. The van der Waals surface area contributed by atoms with Crippen LogP contribution in [0, 0.1) is 0 Å². The van der Waals surface area contributed by atoms with Crippen LogP contribution in [-0.2, 0) is 4.79 Å². The lowest BCUT2D eigenvalue weighted by Gasteiger charge is -1.86. The first kappa shape index (κ1) is 6.95. The average Bonchev–Trinajstić information content (AvgIpc) is 1.69. The molecule has 1 N–H and O–H groups in total. The average molecular weight is 112 g/mol. The van der Waals surface area contributed by atoms with Crippen molar-refractivity contribution in [1.82, 2.24) is 0 Å². The lowest BCUT2D eigenvalue weighted by molar-refractivity contribution is -0.132. The molecule has 2 nitrogen and oxygen atoms in total. The smallest absolute Gasteiger partial charge is 0.335 e. The maximum absolute atomic E-state index is 10.0. The lowest BCUT2D eigenvalue weighted by Crippen LogP contribution is -1.95. The highest BCUT2D eigenvalue weighted by molar-refractivity contribution is 5.89. The molecule has 2 heteroatoms. The predicted octanol–water partition coefficient (Wildman–Crippen LogP) is 1.20. The van der Waals surface area contributed by atoms with Crippen molar-refractivity contribution < 1.29 is 9.90 Å². The van der Waals surface area contributed by atoms with Crippen LogP contribution in [0.2, 0.25) is 0 Å². The summed E-state index contributed by atoms with van der Waals surface area (Å²) in [6.07, 6.45) is 2.80. The van der Waals surface area contributed by atoms with Gasteiger partial charge >= 0.3 is 5.97 Å². The largest absolute Gasteiger partial charge is 0.478 e. The van der Waals surface area contributed by atoms with Gasteiger partial charge in [0.2, 0.25) is 0 Å². The minimum atomic E-state index is -0.928. The fourth-order valence-electron chi connectivity index (χ4n) is 0.329. The zero-order valence-electron chi connectivity index (χ0n) is 4.72. The van der Waals surface area contributed by atoms with Crippen LogP contribution in [0.15, 0.2) is 24.3 Å². The molecule has 0 saturated carbocycles. The molecule has 0 aromatic heterocycles. The molecule has 0 amide bonds. The molecule has 0 radical (unpaired) electrons. The summed E-state index contributed by atoms with van der Waals surface area (Å²) in [5, 5.41) is 8.23. The van der Waals surface area contributed by atoms with Crippen molar-refractivity contribution in [3.05, 3.63) is 24.3 Å². The monoisotopic (exact) mass is 112 g/mol. The van der Waals surface area contributed by atoms with Crippen LogP contribution in [0.25, 0.3) is 0 Å². The number of hydrogen-bond donors (Lipinski definition) is 1. The van der Waals surface area contributed by atoms with Crippen LogP contribution in [0.5, 0.6) is 0 Å². The van der Waals surface area contributed by atoms with Crippen molar-refractivity contribution in [1.29, 1.82) is 0 Å². The minimum Gasteiger partial charge on any atom is -0.478 e. The van der Waals surface area contributed by atoms with E-state index < -0.39 is 5.97 Å². The van der Waals surface area contributed by atoms with E-state index in [1.807, 2.05) is 0 Å². The highest BCUT2D eigenvalue weighted by Gasteiger charge is 1.96. The zero-order valence-corrected chi connectivity index (χ0v) is 4.72. The first-order chi connectivity index (χ1) is 3.72. The fourth-order valence-corrected chi connectivity index (χ4v) is 0.329. The number of aliphatic carboxylic acids is 1. The van der Waals surface area contributed by atoms with Gasteiger partial charge in [-0.2, -0.15) is 0 Å². The SMILES string of the molecule is C=CC(=CC)C(=O)O. The second-order valence-corrected chi connectivity index (χ2v) is 1.25. The Labute approximate surface area is 48.1 Å².